The molecule has 2 atom stereocenters. The zero-order valence-corrected chi connectivity index (χ0v) is 24.0. The Morgan fingerprint density at radius 3 is 2.26 bits per heavy atom. The van der Waals surface area contributed by atoms with E-state index in [2.05, 4.69) is 15.9 Å². The van der Waals surface area contributed by atoms with Crippen molar-refractivity contribution in [1.82, 2.24) is 0 Å². The summed E-state index contributed by atoms with van der Waals surface area (Å²) in [5.41, 5.74) is 0.0604. The van der Waals surface area contributed by atoms with Gasteiger partial charge < -0.3 is 9.47 Å². The van der Waals surface area contributed by atoms with Crippen LogP contribution in [-0.2, 0) is 19.1 Å². The molecule has 1 aromatic carbocycles. The van der Waals surface area contributed by atoms with E-state index < -0.39 is 34.9 Å². The van der Waals surface area contributed by atoms with E-state index in [1.807, 2.05) is 51.1 Å². The van der Waals surface area contributed by atoms with Crippen LogP contribution in [0, 0.1) is 18.3 Å². The van der Waals surface area contributed by atoms with E-state index in [4.69, 9.17) is 9.47 Å². The molecule has 3 rings (SSSR count). The third-order valence-electron chi connectivity index (χ3n) is 5.94. The Bertz CT molecular complexity index is 1120. The minimum absolute atomic E-state index is 0.0768. The molecule has 0 fully saturated rings. The Kier molecular flexibility index (Phi) is 7.99. The summed E-state index contributed by atoms with van der Waals surface area (Å²) >= 11 is 4.90. The lowest BCUT2D eigenvalue weighted by atomic mass is 9.72. The van der Waals surface area contributed by atoms with Gasteiger partial charge in [-0.3, -0.25) is 19.3 Å². The standard InChI is InChI=1S/C27H34BrNO5S/c1-15(2)33-18(17-12-10-9-11-13-17)14-29-23(31)20(27(7,8)25(32)34-26(4,5)6)21(30)19-16(3)22(28)35-24(19)29/h9-13,15,18,20H,14H2,1-8H3/t18-,20?/m0/s1. The second kappa shape index (κ2) is 10.1. The van der Waals surface area contributed by atoms with Crippen LogP contribution >= 0.6 is 27.3 Å². The number of carbonyl (C=O) groups is 3. The van der Waals surface area contributed by atoms with E-state index in [0.717, 1.165) is 14.9 Å². The van der Waals surface area contributed by atoms with Crippen molar-refractivity contribution in [2.75, 3.05) is 11.4 Å². The van der Waals surface area contributed by atoms with Gasteiger partial charge in [-0.1, -0.05) is 30.3 Å². The van der Waals surface area contributed by atoms with Gasteiger partial charge in [0, 0.05) is 0 Å². The van der Waals surface area contributed by atoms with Gasteiger partial charge in [0.15, 0.2) is 5.78 Å². The molecule has 0 N–H and O–H groups in total. The van der Waals surface area contributed by atoms with Gasteiger partial charge in [-0.25, -0.2) is 0 Å². The summed E-state index contributed by atoms with van der Waals surface area (Å²) in [5, 5.41) is 0.578. The summed E-state index contributed by atoms with van der Waals surface area (Å²) in [6, 6.07) is 9.72. The van der Waals surface area contributed by atoms with Crippen LogP contribution in [0.3, 0.4) is 0 Å². The highest BCUT2D eigenvalue weighted by Gasteiger charge is 2.54. The Morgan fingerprint density at radius 2 is 1.71 bits per heavy atom. The van der Waals surface area contributed by atoms with Gasteiger partial charge in [-0.05, 0) is 82.4 Å². The molecule has 6 nitrogen and oxygen atoms in total. The zero-order valence-electron chi connectivity index (χ0n) is 21.6. The van der Waals surface area contributed by atoms with Gasteiger partial charge in [0.05, 0.1) is 27.4 Å². The van der Waals surface area contributed by atoms with E-state index in [1.54, 1.807) is 39.5 Å². The molecule has 1 aliphatic rings. The van der Waals surface area contributed by atoms with Crippen molar-refractivity contribution in [2.24, 2.45) is 11.3 Å². The molecular formula is C27H34BrNO5S. The molecule has 1 aliphatic heterocycles. The average Bonchev–Trinajstić information content (AvgIpc) is 3.03. The molecule has 0 radical (unpaired) electrons. The highest BCUT2D eigenvalue weighted by atomic mass is 79.9. The molecule has 190 valence electrons. The third kappa shape index (κ3) is 5.70. The number of esters is 1. The van der Waals surface area contributed by atoms with Crippen LogP contribution in [0.2, 0.25) is 0 Å². The quantitative estimate of drug-likeness (QED) is 0.284. The zero-order chi connectivity index (χ0) is 26.3. The first-order valence-electron chi connectivity index (χ1n) is 11.7. The number of amides is 1. The Balaban J connectivity index is 2.10. The molecule has 0 spiro atoms. The van der Waals surface area contributed by atoms with Crippen molar-refractivity contribution in [1.29, 1.82) is 0 Å². The van der Waals surface area contributed by atoms with Crippen molar-refractivity contribution in [3.8, 4) is 0 Å². The minimum Gasteiger partial charge on any atom is -0.460 e. The van der Waals surface area contributed by atoms with Crippen molar-refractivity contribution in [2.45, 2.75) is 73.2 Å². The first-order chi connectivity index (χ1) is 16.1. The van der Waals surface area contributed by atoms with Gasteiger partial charge in [0.1, 0.15) is 22.6 Å². The number of ether oxygens (including phenoxy) is 2. The molecule has 35 heavy (non-hydrogen) atoms. The van der Waals surface area contributed by atoms with Crippen LogP contribution in [-0.4, -0.2) is 35.9 Å². The SMILES string of the molecule is Cc1c(Br)sc2c1C(=O)C(C(C)(C)C(=O)OC(C)(C)C)C(=O)N2C[C@H](OC(C)C)c1ccccc1. The molecule has 1 amide bonds. The fourth-order valence-electron chi connectivity index (χ4n) is 4.19. The number of anilines is 1. The van der Waals surface area contributed by atoms with E-state index in [1.165, 1.54) is 11.3 Å². The van der Waals surface area contributed by atoms with Gasteiger partial charge >= 0.3 is 5.97 Å². The first kappa shape index (κ1) is 27.6. The summed E-state index contributed by atoms with van der Waals surface area (Å²) in [4.78, 5) is 42.6. The fourth-order valence-corrected chi connectivity index (χ4v) is 5.90. The predicted octanol–water partition coefficient (Wildman–Crippen LogP) is 6.50. The molecule has 0 bridgehead atoms. The molecule has 2 heterocycles. The molecule has 2 aromatic rings. The molecule has 8 heteroatoms. The second-order valence-electron chi connectivity index (χ2n) is 10.7. The first-order valence-corrected chi connectivity index (χ1v) is 13.3. The molecular weight excluding hydrogens is 530 g/mol. The van der Waals surface area contributed by atoms with E-state index in [0.29, 0.717) is 10.6 Å². The van der Waals surface area contributed by atoms with Crippen molar-refractivity contribution in [3.05, 3.63) is 50.8 Å². The number of hydrogen-bond donors (Lipinski definition) is 0. The fraction of sp³-hybridized carbons (Fsp3) is 0.519. The minimum atomic E-state index is -1.36. The second-order valence-corrected chi connectivity index (χ2v) is 13.1. The molecule has 1 unspecified atom stereocenters. The van der Waals surface area contributed by atoms with Crippen LogP contribution in [0.25, 0.3) is 0 Å². The van der Waals surface area contributed by atoms with E-state index in [-0.39, 0.29) is 18.4 Å². The van der Waals surface area contributed by atoms with Crippen LogP contribution in [0.4, 0.5) is 5.00 Å². The Morgan fingerprint density at radius 1 is 1.11 bits per heavy atom. The highest BCUT2D eigenvalue weighted by Crippen LogP contribution is 2.48. The summed E-state index contributed by atoms with van der Waals surface area (Å²) < 4.78 is 12.6. The summed E-state index contributed by atoms with van der Waals surface area (Å²) in [5.74, 6) is -2.55. The summed E-state index contributed by atoms with van der Waals surface area (Å²) in [7, 11) is 0. The monoisotopic (exact) mass is 563 g/mol. The Hall–Kier alpha value is -2.03. The number of nitrogens with zero attached hydrogens (tertiary/aromatic N) is 1. The lowest BCUT2D eigenvalue weighted by molar-refractivity contribution is -0.169. The molecule has 1 aromatic heterocycles. The largest absolute Gasteiger partial charge is 0.460 e. The number of benzene rings is 1. The summed E-state index contributed by atoms with van der Waals surface area (Å²) in [6.07, 6.45) is -0.486. The third-order valence-corrected chi connectivity index (χ3v) is 8.12. The lowest BCUT2D eigenvalue weighted by Gasteiger charge is -2.40. The number of halogens is 1. The van der Waals surface area contributed by atoms with E-state index >= 15 is 0 Å². The van der Waals surface area contributed by atoms with Crippen molar-refractivity contribution >= 4 is 49.9 Å². The van der Waals surface area contributed by atoms with Crippen molar-refractivity contribution < 1.29 is 23.9 Å². The van der Waals surface area contributed by atoms with E-state index in [9.17, 15) is 14.4 Å². The number of ketones is 1. The number of rotatable bonds is 7. The maximum Gasteiger partial charge on any atom is 0.313 e. The maximum atomic E-state index is 14.0. The highest BCUT2D eigenvalue weighted by molar-refractivity contribution is 9.11. The van der Waals surface area contributed by atoms with Gasteiger partial charge in [-0.2, -0.15) is 0 Å². The smallest absolute Gasteiger partial charge is 0.313 e. The van der Waals surface area contributed by atoms with Crippen LogP contribution in [0.5, 0.6) is 0 Å². The lowest BCUT2D eigenvalue weighted by Crippen LogP contribution is -2.54. The molecule has 0 aliphatic carbocycles. The van der Waals surface area contributed by atoms with Crippen LogP contribution in [0.15, 0.2) is 34.1 Å². The topological polar surface area (TPSA) is 72.9 Å². The predicted molar refractivity (Wildman–Crippen MR) is 142 cm³/mol. The van der Waals surface area contributed by atoms with Crippen molar-refractivity contribution in [3.63, 3.8) is 0 Å². The Labute approximate surface area is 220 Å². The normalized spacial score (nSPS) is 17.5. The van der Waals surface area contributed by atoms with Crippen LogP contribution in [0.1, 0.15) is 76.1 Å². The number of thiophene rings is 1. The molecule has 0 saturated heterocycles. The summed E-state index contributed by atoms with van der Waals surface area (Å²) in [6.45, 7) is 14.5. The number of hydrogen-bond acceptors (Lipinski definition) is 6. The van der Waals surface area contributed by atoms with Gasteiger partial charge in [-0.15, -0.1) is 11.3 Å². The van der Waals surface area contributed by atoms with Gasteiger partial charge in [0.25, 0.3) is 0 Å². The van der Waals surface area contributed by atoms with Crippen LogP contribution < -0.4 is 4.90 Å². The van der Waals surface area contributed by atoms with Gasteiger partial charge in [0.2, 0.25) is 5.91 Å². The maximum absolute atomic E-state index is 14.0. The number of carbonyl (C=O) groups excluding carboxylic acids is 3. The number of Topliss-reactive ketones (excluding diaryl/α,β-unsaturated/α-hetero) is 1. The molecule has 0 saturated carbocycles. The number of fused-ring (bicyclic) bond motifs is 1. The average molecular weight is 565 g/mol.